The number of thiophene rings is 1. The summed E-state index contributed by atoms with van der Waals surface area (Å²) in [5.74, 6) is -0.729. The topological polar surface area (TPSA) is 63.2 Å². The van der Waals surface area contributed by atoms with Crippen LogP contribution in [0.1, 0.15) is 29.4 Å². The average molecular weight is 295 g/mol. The molecule has 0 radical (unpaired) electrons. The summed E-state index contributed by atoms with van der Waals surface area (Å²) < 4.78 is -0.877. The lowest BCUT2D eigenvalue weighted by molar-refractivity contribution is -0.126. The molecular weight excluding hydrogens is 282 g/mol. The van der Waals surface area contributed by atoms with Crippen LogP contribution >= 0.6 is 23.1 Å². The first-order chi connectivity index (χ1) is 9.04. The van der Waals surface area contributed by atoms with Crippen molar-refractivity contribution in [1.82, 2.24) is 5.32 Å². The van der Waals surface area contributed by atoms with Crippen LogP contribution in [0.4, 0.5) is 0 Å². The van der Waals surface area contributed by atoms with E-state index < -0.39 is 4.75 Å². The first kappa shape index (κ1) is 12.9. The Morgan fingerprint density at radius 2 is 2.32 bits per heavy atom. The highest BCUT2D eigenvalue weighted by atomic mass is 32.2. The summed E-state index contributed by atoms with van der Waals surface area (Å²) in [6.07, 6.45) is 1.41. The number of carbonyl (C=O) groups is 3. The number of rotatable bonds is 2. The fourth-order valence-corrected chi connectivity index (χ4v) is 5.17. The van der Waals surface area contributed by atoms with Crippen LogP contribution in [0.5, 0.6) is 0 Å². The molecule has 2 heterocycles. The Bertz CT molecular complexity index is 554. The SMILES string of the molecule is CC1CC[C@]2(SC(=O)c3cccs3)C(=O)NC(=O)[C@H]12. The third-order valence-corrected chi connectivity index (χ3v) is 6.35. The second-order valence-corrected chi connectivity index (χ2v) is 7.32. The lowest BCUT2D eigenvalue weighted by Crippen LogP contribution is -2.37. The predicted octanol–water partition coefficient (Wildman–Crippen LogP) is 2.06. The number of amides is 2. The fraction of sp³-hybridized carbons (Fsp3) is 0.462. The van der Waals surface area contributed by atoms with Gasteiger partial charge in [-0.3, -0.25) is 19.7 Å². The van der Waals surface area contributed by atoms with Gasteiger partial charge in [-0.15, -0.1) is 11.3 Å². The van der Waals surface area contributed by atoms with Gasteiger partial charge in [0.25, 0.3) is 0 Å². The van der Waals surface area contributed by atoms with Crippen molar-refractivity contribution in [3.8, 4) is 0 Å². The zero-order valence-electron chi connectivity index (χ0n) is 10.3. The number of hydrogen-bond donors (Lipinski definition) is 1. The van der Waals surface area contributed by atoms with Crippen LogP contribution < -0.4 is 5.32 Å². The number of thioether (sulfide) groups is 1. The molecular formula is C13H13NO3S2. The lowest BCUT2D eigenvalue weighted by atomic mass is 9.92. The molecule has 1 saturated carbocycles. The van der Waals surface area contributed by atoms with E-state index in [1.54, 1.807) is 6.07 Å². The van der Waals surface area contributed by atoms with Gasteiger partial charge >= 0.3 is 0 Å². The third-order valence-electron chi connectivity index (χ3n) is 3.94. The van der Waals surface area contributed by atoms with Crippen molar-refractivity contribution in [3.05, 3.63) is 22.4 Å². The quantitative estimate of drug-likeness (QED) is 0.848. The van der Waals surface area contributed by atoms with Crippen LogP contribution in [0.15, 0.2) is 17.5 Å². The Morgan fingerprint density at radius 3 is 3.00 bits per heavy atom. The molecule has 2 aliphatic rings. The van der Waals surface area contributed by atoms with Crippen LogP contribution in [-0.2, 0) is 9.59 Å². The summed E-state index contributed by atoms with van der Waals surface area (Å²) in [7, 11) is 0. The summed E-state index contributed by atoms with van der Waals surface area (Å²) >= 11 is 2.40. The van der Waals surface area contributed by atoms with Crippen molar-refractivity contribution in [2.45, 2.75) is 24.5 Å². The zero-order valence-corrected chi connectivity index (χ0v) is 12.0. The van der Waals surface area contributed by atoms with E-state index >= 15 is 0 Å². The minimum absolute atomic E-state index is 0.112. The minimum Gasteiger partial charge on any atom is -0.295 e. The Balaban J connectivity index is 1.91. The van der Waals surface area contributed by atoms with Gasteiger partial charge in [0.2, 0.25) is 16.9 Å². The Hall–Kier alpha value is -1.14. The highest BCUT2D eigenvalue weighted by Crippen LogP contribution is 2.52. The van der Waals surface area contributed by atoms with Gasteiger partial charge < -0.3 is 0 Å². The van der Waals surface area contributed by atoms with Crippen molar-refractivity contribution < 1.29 is 14.4 Å². The second kappa shape index (κ2) is 4.45. The molecule has 1 aliphatic heterocycles. The summed E-state index contributed by atoms with van der Waals surface area (Å²) in [6, 6.07) is 3.56. The number of hydrogen-bond acceptors (Lipinski definition) is 5. The average Bonchev–Trinajstić information content (AvgIpc) is 3.01. The molecule has 1 N–H and O–H groups in total. The molecule has 2 fully saturated rings. The zero-order chi connectivity index (χ0) is 13.6. The molecule has 6 heteroatoms. The van der Waals surface area contributed by atoms with Gasteiger partial charge in [-0.2, -0.15) is 0 Å². The molecule has 0 spiro atoms. The minimum atomic E-state index is -0.877. The van der Waals surface area contributed by atoms with Crippen LogP contribution in [0, 0.1) is 11.8 Å². The molecule has 1 aromatic rings. The van der Waals surface area contributed by atoms with Gasteiger partial charge in [-0.05, 0) is 30.2 Å². The van der Waals surface area contributed by atoms with E-state index in [1.165, 1.54) is 11.3 Å². The van der Waals surface area contributed by atoms with E-state index in [0.717, 1.165) is 18.2 Å². The molecule has 4 nitrogen and oxygen atoms in total. The highest BCUT2D eigenvalue weighted by Gasteiger charge is 2.62. The fourth-order valence-electron chi connectivity index (χ4n) is 3.02. The summed E-state index contributed by atoms with van der Waals surface area (Å²) in [4.78, 5) is 36.9. The predicted molar refractivity (Wildman–Crippen MR) is 74.0 cm³/mol. The second-order valence-electron chi connectivity index (χ2n) is 5.07. The Kier molecular flexibility index (Phi) is 3.02. The maximum atomic E-state index is 12.2. The largest absolute Gasteiger partial charge is 0.295 e. The van der Waals surface area contributed by atoms with Gasteiger partial charge in [0.1, 0.15) is 4.75 Å². The number of carbonyl (C=O) groups excluding carboxylic acids is 3. The van der Waals surface area contributed by atoms with E-state index in [9.17, 15) is 14.4 Å². The van der Waals surface area contributed by atoms with Gasteiger partial charge in [0.05, 0.1) is 10.8 Å². The normalized spacial score (nSPS) is 33.3. The van der Waals surface area contributed by atoms with Crippen LogP contribution in [-0.4, -0.2) is 21.7 Å². The van der Waals surface area contributed by atoms with Crippen molar-refractivity contribution in [2.75, 3.05) is 0 Å². The maximum Gasteiger partial charge on any atom is 0.244 e. The molecule has 3 atom stereocenters. The van der Waals surface area contributed by atoms with E-state index in [1.807, 2.05) is 18.4 Å². The van der Waals surface area contributed by atoms with Gasteiger partial charge in [-0.25, -0.2) is 0 Å². The molecule has 1 unspecified atom stereocenters. The molecule has 3 rings (SSSR count). The van der Waals surface area contributed by atoms with E-state index in [2.05, 4.69) is 5.32 Å². The summed E-state index contributed by atoms with van der Waals surface area (Å²) in [5, 5.41) is 4.11. The van der Waals surface area contributed by atoms with Crippen molar-refractivity contribution in [3.63, 3.8) is 0 Å². The van der Waals surface area contributed by atoms with Crippen LogP contribution in [0.2, 0.25) is 0 Å². The Morgan fingerprint density at radius 1 is 1.53 bits per heavy atom. The number of imide groups is 1. The molecule has 100 valence electrons. The smallest absolute Gasteiger partial charge is 0.244 e. The molecule has 2 amide bonds. The molecule has 0 bridgehead atoms. The molecule has 1 saturated heterocycles. The lowest BCUT2D eigenvalue weighted by Gasteiger charge is -2.23. The molecule has 1 aliphatic carbocycles. The molecule has 1 aromatic heterocycles. The summed E-state index contributed by atoms with van der Waals surface area (Å²) in [6.45, 7) is 1.97. The van der Waals surface area contributed by atoms with E-state index in [0.29, 0.717) is 11.3 Å². The first-order valence-electron chi connectivity index (χ1n) is 6.17. The molecule has 19 heavy (non-hydrogen) atoms. The van der Waals surface area contributed by atoms with Gasteiger partial charge in [-0.1, -0.05) is 24.8 Å². The first-order valence-corrected chi connectivity index (χ1v) is 7.86. The van der Waals surface area contributed by atoms with Crippen molar-refractivity contribution in [2.24, 2.45) is 11.8 Å². The summed E-state index contributed by atoms with van der Waals surface area (Å²) in [5.41, 5.74) is 0. The number of nitrogens with one attached hydrogen (secondary N) is 1. The third kappa shape index (κ3) is 1.85. The standard InChI is InChI=1S/C13H13NO3S2/c1-7-4-5-13(9(7)10(15)14-12(13)17)19-11(16)8-3-2-6-18-8/h2-3,6-7,9H,4-5H2,1H3,(H,14,15,17)/t7?,9-,13+/m0/s1. The number of fused-ring (bicyclic) bond motifs is 1. The van der Waals surface area contributed by atoms with Crippen molar-refractivity contribution >= 4 is 40.0 Å². The maximum absolute atomic E-state index is 12.2. The van der Waals surface area contributed by atoms with Crippen molar-refractivity contribution in [1.29, 1.82) is 0 Å². The van der Waals surface area contributed by atoms with Gasteiger partial charge in [0, 0.05) is 0 Å². The van der Waals surface area contributed by atoms with E-state index in [-0.39, 0.29) is 28.8 Å². The molecule has 0 aromatic carbocycles. The van der Waals surface area contributed by atoms with Crippen LogP contribution in [0.25, 0.3) is 0 Å². The monoisotopic (exact) mass is 295 g/mol. The van der Waals surface area contributed by atoms with Gasteiger partial charge in [0.15, 0.2) is 0 Å². The highest BCUT2D eigenvalue weighted by molar-refractivity contribution is 8.16. The Labute approximate surface area is 119 Å². The van der Waals surface area contributed by atoms with E-state index in [4.69, 9.17) is 0 Å². The van der Waals surface area contributed by atoms with Crippen LogP contribution in [0.3, 0.4) is 0 Å².